The summed E-state index contributed by atoms with van der Waals surface area (Å²) in [5.74, 6) is 0.741. The van der Waals surface area contributed by atoms with Gasteiger partial charge in [-0.15, -0.1) is 0 Å². The van der Waals surface area contributed by atoms with E-state index in [-0.39, 0.29) is 19.1 Å². The molecule has 0 unspecified atom stereocenters. The number of aromatic nitrogens is 1. The molecular formula is C21H20ClN3O2. The van der Waals surface area contributed by atoms with Gasteiger partial charge >= 0.3 is 0 Å². The topological polar surface area (TPSA) is 56.7 Å². The molecule has 1 aliphatic rings. The zero-order chi connectivity index (χ0) is 18.8. The summed E-state index contributed by atoms with van der Waals surface area (Å²) >= 11 is 5.93. The van der Waals surface area contributed by atoms with Gasteiger partial charge in [0, 0.05) is 35.6 Å². The molecule has 1 saturated heterocycles. The highest BCUT2D eigenvalue weighted by atomic mass is 35.5. The first-order chi connectivity index (χ1) is 13.1. The monoisotopic (exact) mass is 381 g/mol. The van der Waals surface area contributed by atoms with E-state index in [2.05, 4.69) is 0 Å². The van der Waals surface area contributed by atoms with Crippen molar-refractivity contribution in [2.24, 2.45) is 0 Å². The third-order valence-electron chi connectivity index (χ3n) is 4.86. The summed E-state index contributed by atoms with van der Waals surface area (Å²) in [5, 5.41) is 11.4. The predicted molar refractivity (Wildman–Crippen MR) is 107 cm³/mol. The van der Waals surface area contributed by atoms with Gasteiger partial charge in [0.2, 0.25) is 5.91 Å². The lowest BCUT2D eigenvalue weighted by molar-refractivity contribution is -0.131. The van der Waals surface area contributed by atoms with E-state index < -0.39 is 0 Å². The van der Waals surface area contributed by atoms with Gasteiger partial charge in [-0.3, -0.25) is 4.79 Å². The Labute approximate surface area is 162 Å². The molecular weight excluding hydrogens is 362 g/mol. The van der Waals surface area contributed by atoms with Gasteiger partial charge in [-0.25, -0.2) is 4.98 Å². The van der Waals surface area contributed by atoms with Crippen molar-refractivity contribution in [1.29, 1.82) is 0 Å². The Kier molecular flexibility index (Phi) is 4.97. The summed E-state index contributed by atoms with van der Waals surface area (Å²) in [6.45, 7) is 2.01. The van der Waals surface area contributed by atoms with E-state index in [1.54, 1.807) is 0 Å². The molecule has 1 amide bonds. The fourth-order valence-corrected chi connectivity index (χ4v) is 3.53. The van der Waals surface area contributed by atoms with Crippen LogP contribution in [-0.2, 0) is 17.9 Å². The van der Waals surface area contributed by atoms with Crippen LogP contribution in [0.25, 0.3) is 10.9 Å². The van der Waals surface area contributed by atoms with Crippen LogP contribution in [0.5, 0.6) is 0 Å². The largest absolute Gasteiger partial charge is 0.392 e. The summed E-state index contributed by atoms with van der Waals surface area (Å²) in [6, 6.07) is 17.3. The Hall–Kier alpha value is -2.63. The summed E-state index contributed by atoms with van der Waals surface area (Å²) in [6.07, 6.45) is 0. The molecule has 0 radical (unpaired) electrons. The Morgan fingerprint density at radius 3 is 2.59 bits per heavy atom. The van der Waals surface area contributed by atoms with Crippen molar-refractivity contribution >= 4 is 34.2 Å². The van der Waals surface area contributed by atoms with E-state index in [0.717, 1.165) is 22.0 Å². The average molecular weight is 382 g/mol. The van der Waals surface area contributed by atoms with Crippen LogP contribution in [0.4, 0.5) is 5.82 Å². The highest BCUT2D eigenvalue weighted by Gasteiger charge is 2.26. The number of amides is 1. The molecule has 1 N–H and O–H groups in total. The number of carbonyl (C=O) groups excluding carboxylic acids is 1. The smallest absolute Gasteiger partial charge is 0.242 e. The molecule has 5 nitrogen and oxygen atoms in total. The molecule has 1 aromatic heterocycles. The van der Waals surface area contributed by atoms with Crippen molar-refractivity contribution in [1.82, 2.24) is 9.88 Å². The highest BCUT2D eigenvalue weighted by molar-refractivity contribution is 6.30. The fourth-order valence-electron chi connectivity index (χ4n) is 3.41. The molecule has 0 bridgehead atoms. The van der Waals surface area contributed by atoms with Crippen LogP contribution in [0.2, 0.25) is 5.02 Å². The number of aliphatic hydroxyl groups excluding tert-OH is 1. The molecule has 3 aromatic rings. The maximum absolute atomic E-state index is 12.7. The number of benzene rings is 2. The number of rotatable bonds is 4. The molecule has 27 heavy (non-hydrogen) atoms. The van der Waals surface area contributed by atoms with Crippen LogP contribution in [0.3, 0.4) is 0 Å². The van der Waals surface area contributed by atoms with Crippen LogP contribution in [0.15, 0.2) is 54.6 Å². The summed E-state index contributed by atoms with van der Waals surface area (Å²) in [5.41, 5.74) is 2.66. The number of anilines is 1. The van der Waals surface area contributed by atoms with E-state index >= 15 is 0 Å². The Bertz CT molecular complexity index is 975. The fraction of sp³-hybridized carbons (Fsp3) is 0.238. The van der Waals surface area contributed by atoms with Crippen molar-refractivity contribution in [3.8, 4) is 0 Å². The summed E-state index contributed by atoms with van der Waals surface area (Å²) in [4.78, 5) is 21.2. The number of pyridine rings is 1. The van der Waals surface area contributed by atoms with E-state index in [4.69, 9.17) is 16.6 Å². The first-order valence-corrected chi connectivity index (χ1v) is 9.28. The highest BCUT2D eigenvalue weighted by Crippen LogP contribution is 2.25. The van der Waals surface area contributed by atoms with Crippen molar-refractivity contribution in [3.05, 3.63) is 70.7 Å². The van der Waals surface area contributed by atoms with Gasteiger partial charge in [0.05, 0.1) is 18.7 Å². The lowest BCUT2D eigenvalue weighted by atomic mass is 10.1. The third kappa shape index (κ3) is 3.75. The van der Waals surface area contributed by atoms with Gasteiger partial charge in [0.25, 0.3) is 0 Å². The molecule has 6 heteroatoms. The third-order valence-corrected chi connectivity index (χ3v) is 5.11. The predicted octanol–water partition coefficient (Wildman–Crippen LogP) is 3.23. The minimum Gasteiger partial charge on any atom is -0.392 e. The van der Waals surface area contributed by atoms with Crippen LogP contribution < -0.4 is 4.90 Å². The molecule has 138 valence electrons. The van der Waals surface area contributed by atoms with E-state index in [9.17, 15) is 9.90 Å². The number of carbonyl (C=O) groups is 1. The molecule has 1 fully saturated rings. The van der Waals surface area contributed by atoms with Crippen molar-refractivity contribution < 1.29 is 9.90 Å². The standard InChI is InChI=1S/C21H20ClN3O2/c22-18-7-5-15(6-8-18)12-24-9-10-25(13-20(24)27)21-17(14-26)11-16-3-1-2-4-19(16)23-21/h1-8,11,26H,9-10,12-14H2. The second kappa shape index (κ2) is 7.55. The zero-order valence-electron chi connectivity index (χ0n) is 14.8. The number of nitrogens with zero attached hydrogens (tertiary/aromatic N) is 3. The number of para-hydroxylation sites is 1. The van der Waals surface area contributed by atoms with Gasteiger partial charge in [-0.2, -0.15) is 0 Å². The lowest BCUT2D eigenvalue weighted by Crippen LogP contribution is -2.50. The molecule has 1 aliphatic heterocycles. The molecule has 0 spiro atoms. The maximum atomic E-state index is 12.7. The lowest BCUT2D eigenvalue weighted by Gasteiger charge is -2.35. The Balaban J connectivity index is 1.53. The number of aliphatic hydroxyl groups is 1. The Morgan fingerprint density at radius 1 is 1.07 bits per heavy atom. The van der Waals surface area contributed by atoms with Crippen molar-refractivity contribution in [2.75, 3.05) is 24.5 Å². The number of hydrogen-bond acceptors (Lipinski definition) is 4. The van der Waals surface area contributed by atoms with Crippen LogP contribution in [0.1, 0.15) is 11.1 Å². The van der Waals surface area contributed by atoms with E-state index in [0.29, 0.717) is 30.5 Å². The normalized spacial score (nSPS) is 14.8. The van der Waals surface area contributed by atoms with Crippen molar-refractivity contribution in [2.45, 2.75) is 13.2 Å². The van der Waals surface area contributed by atoms with E-state index in [1.165, 1.54) is 0 Å². The van der Waals surface area contributed by atoms with Gasteiger partial charge in [0.1, 0.15) is 5.82 Å². The van der Waals surface area contributed by atoms with Gasteiger partial charge < -0.3 is 14.9 Å². The second-order valence-corrected chi connectivity index (χ2v) is 7.12. The molecule has 0 atom stereocenters. The van der Waals surface area contributed by atoms with E-state index in [1.807, 2.05) is 64.4 Å². The molecule has 0 saturated carbocycles. The maximum Gasteiger partial charge on any atom is 0.242 e. The minimum atomic E-state index is -0.105. The SMILES string of the molecule is O=C1CN(c2nc3ccccc3cc2CO)CCN1Cc1ccc(Cl)cc1. The molecule has 0 aliphatic carbocycles. The average Bonchev–Trinajstić information content (AvgIpc) is 2.70. The first-order valence-electron chi connectivity index (χ1n) is 8.91. The second-order valence-electron chi connectivity index (χ2n) is 6.69. The number of hydrogen-bond donors (Lipinski definition) is 1. The quantitative estimate of drug-likeness (QED) is 0.753. The van der Waals surface area contributed by atoms with Crippen LogP contribution >= 0.6 is 11.6 Å². The van der Waals surface area contributed by atoms with Crippen molar-refractivity contribution in [3.63, 3.8) is 0 Å². The van der Waals surface area contributed by atoms with Crippen LogP contribution in [-0.4, -0.2) is 40.5 Å². The Morgan fingerprint density at radius 2 is 1.85 bits per heavy atom. The van der Waals surface area contributed by atoms with Gasteiger partial charge in [-0.05, 0) is 29.8 Å². The molecule has 2 heterocycles. The zero-order valence-corrected chi connectivity index (χ0v) is 15.6. The summed E-state index contributed by atoms with van der Waals surface area (Å²) in [7, 11) is 0. The summed E-state index contributed by atoms with van der Waals surface area (Å²) < 4.78 is 0. The number of halogens is 1. The number of piperazine rings is 1. The number of fused-ring (bicyclic) bond motifs is 1. The van der Waals surface area contributed by atoms with Gasteiger partial charge in [0.15, 0.2) is 0 Å². The first kappa shape index (κ1) is 17.8. The minimum absolute atomic E-state index is 0.0510. The molecule has 2 aromatic carbocycles. The molecule has 4 rings (SSSR count). The van der Waals surface area contributed by atoms with Gasteiger partial charge in [-0.1, -0.05) is 41.9 Å². The van der Waals surface area contributed by atoms with Crippen LogP contribution in [0, 0.1) is 0 Å².